The van der Waals surface area contributed by atoms with Crippen LogP contribution in [0, 0.1) is 0 Å². The van der Waals surface area contributed by atoms with Crippen molar-refractivity contribution in [1.29, 1.82) is 0 Å². The van der Waals surface area contributed by atoms with Gasteiger partial charge >= 0.3 is 0 Å². The van der Waals surface area contributed by atoms with E-state index in [0.29, 0.717) is 25.9 Å². The van der Waals surface area contributed by atoms with Crippen LogP contribution in [0.15, 0.2) is 5.16 Å². The highest BCUT2D eigenvalue weighted by Gasteiger charge is 2.39. The molecule has 0 aliphatic carbocycles. The molecule has 1 heterocycles. The Labute approximate surface area is 105 Å². The SMILES string of the molecule is COCC(=O)N1CCC(SC)(C(N)=NO)CC1. The normalized spacial score (nSPS) is 20.4. The molecule has 17 heavy (non-hydrogen) atoms. The van der Waals surface area contributed by atoms with Crippen molar-refractivity contribution in [2.24, 2.45) is 10.9 Å². The van der Waals surface area contributed by atoms with E-state index in [2.05, 4.69) is 5.16 Å². The Hall–Kier alpha value is -0.950. The van der Waals surface area contributed by atoms with Crippen LogP contribution in [0.25, 0.3) is 0 Å². The van der Waals surface area contributed by atoms with Crippen molar-refractivity contribution in [1.82, 2.24) is 4.90 Å². The van der Waals surface area contributed by atoms with Gasteiger partial charge in [-0.3, -0.25) is 4.79 Å². The zero-order chi connectivity index (χ0) is 12.9. The number of rotatable bonds is 4. The van der Waals surface area contributed by atoms with E-state index < -0.39 is 0 Å². The summed E-state index contributed by atoms with van der Waals surface area (Å²) in [6.07, 6.45) is 3.32. The largest absolute Gasteiger partial charge is 0.409 e. The summed E-state index contributed by atoms with van der Waals surface area (Å²) in [5, 5.41) is 11.9. The Morgan fingerprint density at radius 2 is 2.18 bits per heavy atom. The molecular formula is C10H19N3O3S. The molecule has 0 aromatic carbocycles. The lowest BCUT2D eigenvalue weighted by atomic mass is 9.94. The number of likely N-dealkylation sites (tertiary alicyclic amines) is 1. The van der Waals surface area contributed by atoms with E-state index in [0.717, 1.165) is 0 Å². The lowest BCUT2D eigenvalue weighted by Gasteiger charge is -2.39. The predicted octanol–water partition coefficient (Wildman–Crippen LogP) is 0.103. The van der Waals surface area contributed by atoms with Crippen LogP contribution in [0.1, 0.15) is 12.8 Å². The summed E-state index contributed by atoms with van der Waals surface area (Å²) in [6, 6.07) is 0. The highest BCUT2D eigenvalue weighted by atomic mass is 32.2. The molecule has 0 atom stereocenters. The van der Waals surface area contributed by atoms with Crippen molar-refractivity contribution in [2.75, 3.05) is 33.1 Å². The number of ether oxygens (including phenoxy) is 1. The molecule has 1 aliphatic heterocycles. The number of nitrogens with zero attached hydrogens (tertiary/aromatic N) is 2. The summed E-state index contributed by atoms with van der Waals surface area (Å²) in [5.74, 6) is 0.227. The Morgan fingerprint density at radius 3 is 2.59 bits per heavy atom. The van der Waals surface area contributed by atoms with Crippen molar-refractivity contribution in [3.8, 4) is 0 Å². The third-order valence-corrected chi connectivity index (χ3v) is 4.56. The Morgan fingerprint density at radius 1 is 1.59 bits per heavy atom. The van der Waals surface area contributed by atoms with Gasteiger partial charge in [0.2, 0.25) is 5.91 Å². The molecule has 1 saturated heterocycles. The molecule has 1 amide bonds. The molecule has 0 aromatic rings. The van der Waals surface area contributed by atoms with Crippen molar-refractivity contribution in [3.63, 3.8) is 0 Å². The number of carbonyl (C=O) groups excluding carboxylic acids is 1. The summed E-state index contributed by atoms with van der Waals surface area (Å²) in [5.41, 5.74) is 5.72. The molecule has 1 aliphatic rings. The van der Waals surface area contributed by atoms with Crippen LogP contribution in [0.2, 0.25) is 0 Å². The van der Waals surface area contributed by atoms with Crippen molar-refractivity contribution >= 4 is 23.5 Å². The molecule has 0 bridgehead atoms. The Bertz CT molecular complexity index is 301. The number of amides is 1. The average molecular weight is 261 g/mol. The molecule has 7 heteroatoms. The number of hydrogen-bond acceptors (Lipinski definition) is 5. The zero-order valence-electron chi connectivity index (χ0n) is 10.2. The third-order valence-electron chi connectivity index (χ3n) is 3.16. The summed E-state index contributed by atoms with van der Waals surface area (Å²) < 4.78 is 4.47. The number of thioether (sulfide) groups is 1. The van der Waals surface area contributed by atoms with Gasteiger partial charge in [-0.15, -0.1) is 0 Å². The van der Waals surface area contributed by atoms with Crippen LogP contribution >= 0.6 is 11.8 Å². The first-order valence-electron chi connectivity index (χ1n) is 5.39. The van der Waals surface area contributed by atoms with Crippen LogP contribution < -0.4 is 5.73 Å². The monoisotopic (exact) mass is 261 g/mol. The Balaban J connectivity index is 2.62. The number of hydrogen-bond donors (Lipinski definition) is 2. The van der Waals surface area contributed by atoms with E-state index in [1.54, 1.807) is 16.7 Å². The van der Waals surface area contributed by atoms with E-state index >= 15 is 0 Å². The summed E-state index contributed by atoms with van der Waals surface area (Å²) >= 11 is 1.57. The first kappa shape index (κ1) is 14.1. The van der Waals surface area contributed by atoms with Gasteiger partial charge in [-0.25, -0.2) is 0 Å². The minimum atomic E-state index is -0.349. The van der Waals surface area contributed by atoms with E-state index in [-0.39, 0.29) is 23.1 Å². The van der Waals surface area contributed by atoms with Crippen LogP contribution in [-0.4, -0.2) is 59.7 Å². The molecule has 98 valence electrons. The fourth-order valence-corrected chi connectivity index (χ4v) is 2.83. The van der Waals surface area contributed by atoms with Gasteiger partial charge in [-0.2, -0.15) is 11.8 Å². The first-order valence-corrected chi connectivity index (χ1v) is 6.62. The van der Waals surface area contributed by atoms with Crippen LogP contribution in [0.4, 0.5) is 0 Å². The highest BCUT2D eigenvalue weighted by molar-refractivity contribution is 8.00. The van der Waals surface area contributed by atoms with Crippen molar-refractivity contribution in [2.45, 2.75) is 17.6 Å². The number of amidine groups is 1. The molecule has 6 nitrogen and oxygen atoms in total. The van der Waals surface area contributed by atoms with Gasteiger partial charge < -0.3 is 20.6 Å². The Kier molecular flexibility index (Phi) is 5.07. The molecule has 0 radical (unpaired) electrons. The summed E-state index contributed by atoms with van der Waals surface area (Å²) in [6.45, 7) is 1.33. The third kappa shape index (κ3) is 3.04. The summed E-state index contributed by atoms with van der Waals surface area (Å²) in [7, 11) is 1.50. The quantitative estimate of drug-likeness (QED) is 0.324. The number of piperidine rings is 1. The lowest BCUT2D eigenvalue weighted by Crippen LogP contribution is -2.52. The van der Waals surface area contributed by atoms with Gasteiger partial charge in [0.05, 0.1) is 4.75 Å². The summed E-state index contributed by atoms with van der Waals surface area (Å²) in [4.78, 5) is 13.4. The van der Waals surface area contributed by atoms with Crippen LogP contribution in [0.3, 0.4) is 0 Å². The fourth-order valence-electron chi connectivity index (χ4n) is 1.99. The number of carbonyl (C=O) groups is 1. The second kappa shape index (κ2) is 6.11. The molecule has 0 saturated carbocycles. The molecule has 1 rings (SSSR count). The topological polar surface area (TPSA) is 88.2 Å². The molecule has 1 fully saturated rings. The van der Waals surface area contributed by atoms with Gasteiger partial charge in [-0.05, 0) is 19.1 Å². The first-order chi connectivity index (χ1) is 8.09. The molecule has 0 spiro atoms. The molecule has 3 N–H and O–H groups in total. The lowest BCUT2D eigenvalue weighted by molar-refractivity contribution is -0.136. The standard InChI is InChI=1S/C10H19N3O3S/c1-16-7-8(14)13-5-3-10(17-2,4-6-13)9(11)12-15/h15H,3-7H2,1-2H3,(H2,11,12). The highest BCUT2D eigenvalue weighted by Crippen LogP contribution is 2.34. The minimum Gasteiger partial charge on any atom is -0.409 e. The molecule has 0 unspecified atom stereocenters. The fraction of sp³-hybridized carbons (Fsp3) is 0.800. The van der Waals surface area contributed by atoms with E-state index in [4.69, 9.17) is 15.7 Å². The average Bonchev–Trinajstić information content (AvgIpc) is 2.38. The van der Waals surface area contributed by atoms with Crippen molar-refractivity contribution < 1.29 is 14.7 Å². The molecule has 0 aromatic heterocycles. The number of oxime groups is 1. The second-order valence-electron chi connectivity index (χ2n) is 4.00. The number of methoxy groups -OCH3 is 1. The molecular weight excluding hydrogens is 242 g/mol. The van der Waals surface area contributed by atoms with Gasteiger partial charge in [-0.1, -0.05) is 5.16 Å². The minimum absolute atomic E-state index is 0.0123. The maximum Gasteiger partial charge on any atom is 0.248 e. The van der Waals surface area contributed by atoms with E-state index in [1.807, 2.05) is 6.26 Å². The maximum atomic E-state index is 11.6. The van der Waals surface area contributed by atoms with Crippen molar-refractivity contribution in [3.05, 3.63) is 0 Å². The van der Waals surface area contributed by atoms with E-state index in [9.17, 15) is 4.79 Å². The second-order valence-corrected chi connectivity index (χ2v) is 5.19. The van der Waals surface area contributed by atoms with Crippen LogP contribution in [-0.2, 0) is 9.53 Å². The van der Waals surface area contributed by atoms with Gasteiger partial charge in [0.15, 0.2) is 5.84 Å². The van der Waals surface area contributed by atoms with Gasteiger partial charge in [0, 0.05) is 20.2 Å². The van der Waals surface area contributed by atoms with E-state index in [1.165, 1.54) is 7.11 Å². The maximum absolute atomic E-state index is 11.6. The van der Waals surface area contributed by atoms with Gasteiger partial charge in [0.25, 0.3) is 0 Å². The van der Waals surface area contributed by atoms with Crippen LogP contribution in [0.5, 0.6) is 0 Å². The zero-order valence-corrected chi connectivity index (χ0v) is 11.0. The number of nitrogens with two attached hydrogens (primary N) is 1. The van der Waals surface area contributed by atoms with Gasteiger partial charge in [0.1, 0.15) is 6.61 Å². The predicted molar refractivity (Wildman–Crippen MR) is 67.3 cm³/mol. The smallest absolute Gasteiger partial charge is 0.248 e.